The minimum Gasteiger partial charge on any atom is -0.372 e. The Morgan fingerprint density at radius 3 is 2.38 bits per heavy atom. The van der Waals surface area contributed by atoms with Gasteiger partial charge in [0, 0.05) is 11.3 Å². The zero-order chi connectivity index (χ0) is 20.6. The molecule has 5 heteroatoms. The number of hydrogen-bond acceptors (Lipinski definition) is 3. The van der Waals surface area contributed by atoms with Gasteiger partial charge >= 0.3 is 0 Å². The van der Waals surface area contributed by atoms with Crippen LogP contribution in [0, 0.1) is 13.8 Å². The average Bonchev–Trinajstić information content (AvgIpc) is 2.94. The van der Waals surface area contributed by atoms with Gasteiger partial charge in [-0.3, -0.25) is 14.5 Å². The minimum atomic E-state index is -1.81. The highest BCUT2D eigenvalue weighted by molar-refractivity contribution is 6.12. The van der Waals surface area contributed by atoms with Crippen molar-refractivity contribution in [3.63, 3.8) is 0 Å². The van der Waals surface area contributed by atoms with Gasteiger partial charge in [0.05, 0.1) is 5.69 Å². The Balaban J connectivity index is 1.63. The lowest BCUT2D eigenvalue weighted by Gasteiger charge is -2.23. The number of hydrogen-bond donors (Lipinski definition) is 2. The van der Waals surface area contributed by atoms with Crippen LogP contribution in [-0.4, -0.2) is 23.5 Å². The molecule has 3 aromatic rings. The van der Waals surface area contributed by atoms with E-state index in [0.29, 0.717) is 22.5 Å². The van der Waals surface area contributed by atoms with Gasteiger partial charge in [0.25, 0.3) is 5.91 Å². The quantitative estimate of drug-likeness (QED) is 0.721. The third kappa shape index (κ3) is 3.19. The largest absolute Gasteiger partial charge is 0.372 e. The second-order valence-corrected chi connectivity index (χ2v) is 7.33. The molecule has 2 N–H and O–H groups in total. The van der Waals surface area contributed by atoms with Crippen LogP contribution in [0.25, 0.3) is 0 Å². The molecule has 0 aliphatic carbocycles. The molecule has 1 aliphatic rings. The number of rotatable bonds is 4. The van der Waals surface area contributed by atoms with Gasteiger partial charge in [0.1, 0.15) is 6.54 Å². The Kier molecular flexibility index (Phi) is 4.68. The van der Waals surface area contributed by atoms with Crippen molar-refractivity contribution in [1.29, 1.82) is 0 Å². The molecule has 2 amide bonds. The van der Waals surface area contributed by atoms with Crippen LogP contribution in [-0.2, 0) is 15.2 Å². The smallest absolute Gasteiger partial charge is 0.268 e. The molecule has 0 spiro atoms. The Bertz CT molecular complexity index is 1090. The summed E-state index contributed by atoms with van der Waals surface area (Å²) >= 11 is 0. The fourth-order valence-electron chi connectivity index (χ4n) is 3.71. The van der Waals surface area contributed by atoms with Crippen molar-refractivity contribution in [1.82, 2.24) is 0 Å². The molecule has 3 aromatic carbocycles. The molecule has 29 heavy (non-hydrogen) atoms. The number of carbonyl (C=O) groups excluding carboxylic acids is 2. The third-order valence-corrected chi connectivity index (χ3v) is 5.42. The first-order chi connectivity index (χ1) is 13.9. The number of amides is 2. The van der Waals surface area contributed by atoms with Crippen molar-refractivity contribution < 1.29 is 14.7 Å². The van der Waals surface area contributed by atoms with Gasteiger partial charge in [-0.1, -0.05) is 54.6 Å². The number of carbonyl (C=O) groups is 2. The lowest BCUT2D eigenvalue weighted by molar-refractivity contribution is -0.133. The van der Waals surface area contributed by atoms with E-state index in [0.717, 1.165) is 11.1 Å². The zero-order valence-electron chi connectivity index (χ0n) is 16.3. The van der Waals surface area contributed by atoms with E-state index < -0.39 is 11.5 Å². The molecule has 5 nitrogen and oxygen atoms in total. The zero-order valence-corrected chi connectivity index (χ0v) is 16.3. The first-order valence-corrected chi connectivity index (χ1v) is 9.47. The topological polar surface area (TPSA) is 69.6 Å². The van der Waals surface area contributed by atoms with E-state index in [2.05, 4.69) is 5.32 Å². The second-order valence-electron chi connectivity index (χ2n) is 7.33. The number of anilines is 2. The SMILES string of the molecule is Cc1ccc(NC(=O)CN2C(=O)[C@@](O)(c3ccccc3)c3ccccc32)cc1C. The molecule has 1 aliphatic heterocycles. The molecule has 0 saturated carbocycles. The van der Waals surface area contributed by atoms with E-state index in [4.69, 9.17) is 0 Å². The van der Waals surface area contributed by atoms with Crippen LogP contribution in [0.15, 0.2) is 72.8 Å². The van der Waals surface area contributed by atoms with Gasteiger partial charge in [-0.2, -0.15) is 0 Å². The van der Waals surface area contributed by atoms with Crippen LogP contribution in [0.4, 0.5) is 11.4 Å². The van der Waals surface area contributed by atoms with Gasteiger partial charge in [0.15, 0.2) is 5.60 Å². The maximum Gasteiger partial charge on any atom is 0.268 e. The van der Waals surface area contributed by atoms with Crippen molar-refractivity contribution >= 4 is 23.2 Å². The van der Waals surface area contributed by atoms with E-state index in [-0.39, 0.29) is 12.5 Å². The molecule has 146 valence electrons. The van der Waals surface area contributed by atoms with E-state index in [1.54, 1.807) is 48.5 Å². The number of aliphatic hydroxyl groups is 1. The second kappa shape index (κ2) is 7.18. The molecule has 0 saturated heterocycles. The van der Waals surface area contributed by atoms with Crippen LogP contribution in [0.2, 0.25) is 0 Å². The Morgan fingerprint density at radius 1 is 0.966 bits per heavy atom. The number of benzene rings is 3. The Labute approximate surface area is 169 Å². The molecular formula is C24H22N2O3. The van der Waals surface area contributed by atoms with Crippen LogP contribution >= 0.6 is 0 Å². The summed E-state index contributed by atoms with van der Waals surface area (Å²) in [6.07, 6.45) is 0. The van der Waals surface area contributed by atoms with Crippen LogP contribution in [0.1, 0.15) is 22.3 Å². The van der Waals surface area contributed by atoms with Crippen LogP contribution < -0.4 is 10.2 Å². The highest BCUT2D eigenvalue weighted by Gasteiger charge is 2.51. The third-order valence-electron chi connectivity index (χ3n) is 5.42. The van der Waals surface area contributed by atoms with Gasteiger partial charge in [-0.25, -0.2) is 0 Å². The molecule has 0 radical (unpaired) electrons. The maximum atomic E-state index is 13.3. The summed E-state index contributed by atoms with van der Waals surface area (Å²) in [4.78, 5) is 27.3. The van der Waals surface area contributed by atoms with E-state index in [1.807, 2.05) is 38.1 Å². The van der Waals surface area contributed by atoms with Gasteiger partial charge in [0.2, 0.25) is 5.91 Å². The van der Waals surface area contributed by atoms with E-state index in [9.17, 15) is 14.7 Å². The van der Waals surface area contributed by atoms with Crippen molar-refractivity contribution in [2.24, 2.45) is 0 Å². The molecule has 0 fully saturated rings. The van der Waals surface area contributed by atoms with E-state index >= 15 is 0 Å². The molecular weight excluding hydrogens is 364 g/mol. The summed E-state index contributed by atoms with van der Waals surface area (Å²) in [5.74, 6) is -0.853. The fraction of sp³-hybridized carbons (Fsp3) is 0.167. The first-order valence-electron chi connectivity index (χ1n) is 9.47. The average molecular weight is 386 g/mol. The molecule has 4 rings (SSSR count). The Morgan fingerprint density at radius 2 is 1.66 bits per heavy atom. The number of nitrogens with zero attached hydrogens (tertiary/aromatic N) is 1. The monoisotopic (exact) mass is 386 g/mol. The molecule has 0 bridgehead atoms. The summed E-state index contributed by atoms with van der Waals surface area (Å²) in [5.41, 5.74) is 2.59. The lowest BCUT2D eigenvalue weighted by Crippen LogP contribution is -2.44. The fourth-order valence-corrected chi connectivity index (χ4v) is 3.71. The van der Waals surface area contributed by atoms with Crippen LogP contribution in [0.5, 0.6) is 0 Å². The maximum absolute atomic E-state index is 13.3. The molecule has 0 aromatic heterocycles. The molecule has 1 atom stereocenters. The minimum absolute atomic E-state index is 0.183. The predicted molar refractivity (Wildman–Crippen MR) is 113 cm³/mol. The summed E-state index contributed by atoms with van der Waals surface area (Å²) in [6, 6.07) is 21.5. The highest BCUT2D eigenvalue weighted by Crippen LogP contribution is 2.44. The number of aryl methyl sites for hydroxylation is 2. The Hall–Kier alpha value is -3.44. The van der Waals surface area contributed by atoms with Crippen molar-refractivity contribution in [3.8, 4) is 0 Å². The van der Waals surface area contributed by atoms with Crippen molar-refractivity contribution in [2.45, 2.75) is 19.4 Å². The molecule has 1 heterocycles. The number of nitrogens with one attached hydrogen (secondary N) is 1. The van der Waals surface area contributed by atoms with Crippen molar-refractivity contribution in [2.75, 3.05) is 16.8 Å². The summed E-state index contributed by atoms with van der Waals surface area (Å²) in [5, 5.41) is 14.2. The lowest BCUT2D eigenvalue weighted by atomic mass is 9.88. The standard InChI is InChI=1S/C24H22N2O3/c1-16-12-13-19(14-17(16)2)25-22(27)15-26-21-11-7-6-10-20(21)24(29,23(26)28)18-8-4-3-5-9-18/h3-14,29H,15H2,1-2H3,(H,25,27)/t24-/m1/s1. The predicted octanol–water partition coefficient (Wildman–Crippen LogP) is 3.52. The number of para-hydroxylation sites is 1. The van der Waals surface area contributed by atoms with Crippen molar-refractivity contribution in [3.05, 3.63) is 95.1 Å². The summed E-state index contributed by atoms with van der Waals surface area (Å²) < 4.78 is 0. The first kappa shape index (κ1) is 18.9. The van der Waals surface area contributed by atoms with Gasteiger partial charge in [-0.05, 0) is 48.7 Å². The summed E-state index contributed by atoms with van der Waals surface area (Å²) in [7, 11) is 0. The summed E-state index contributed by atoms with van der Waals surface area (Å²) in [6.45, 7) is 3.80. The van der Waals surface area contributed by atoms with Gasteiger partial charge in [-0.15, -0.1) is 0 Å². The van der Waals surface area contributed by atoms with Gasteiger partial charge < -0.3 is 10.4 Å². The van der Waals surface area contributed by atoms with E-state index in [1.165, 1.54) is 4.90 Å². The molecule has 0 unspecified atom stereocenters. The van der Waals surface area contributed by atoms with Crippen LogP contribution in [0.3, 0.4) is 0 Å². The highest BCUT2D eigenvalue weighted by atomic mass is 16.3. The normalized spacial score (nSPS) is 17.9. The number of fused-ring (bicyclic) bond motifs is 1.